The standard InChI is InChI=1S/C10H21NO2/c1-3-10(2,11)8-12-7-9-5-4-6-13-9/h9H,3-8,11H2,1-2H3. The molecule has 2 N–H and O–H groups in total. The smallest absolute Gasteiger partial charge is 0.0809 e. The highest BCUT2D eigenvalue weighted by Crippen LogP contribution is 2.13. The van der Waals surface area contributed by atoms with Gasteiger partial charge in [0.15, 0.2) is 0 Å². The molecule has 78 valence electrons. The van der Waals surface area contributed by atoms with E-state index in [9.17, 15) is 0 Å². The van der Waals surface area contributed by atoms with Crippen LogP contribution >= 0.6 is 0 Å². The van der Waals surface area contributed by atoms with Gasteiger partial charge in [-0.15, -0.1) is 0 Å². The molecule has 0 aromatic heterocycles. The monoisotopic (exact) mass is 187 g/mol. The van der Waals surface area contributed by atoms with Crippen molar-refractivity contribution < 1.29 is 9.47 Å². The first-order chi connectivity index (χ1) is 6.14. The Kier molecular flexibility index (Phi) is 4.16. The summed E-state index contributed by atoms with van der Waals surface area (Å²) in [5.41, 5.74) is 5.75. The molecule has 0 aromatic carbocycles. The average Bonchev–Trinajstić information content (AvgIpc) is 2.57. The maximum atomic E-state index is 5.93. The number of nitrogens with two attached hydrogens (primary N) is 1. The first-order valence-corrected chi connectivity index (χ1v) is 5.12. The molecule has 0 bridgehead atoms. The largest absolute Gasteiger partial charge is 0.377 e. The van der Waals surface area contributed by atoms with E-state index in [2.05, 4.69) is 6.92 Å². The SMILES string of the molecule is CCC(C)(N)COCC1CCCO1. The second kappa shape index (κ2) is 4.94. The average molecular weight is 187 g/mol. The van der Waals surface area contributed by atoms with Gasteiger partial charge in [-0.1, -0.05) is 6.92 Å². The summed E-state index contributed by atoms with van der Waals surface area (Å²) < 4.78 is 11.0. The molecular formula is C10H21NO2. The van der Waals surface area contributed by atoms with E-state index in [0.29, 0.717) is 19.3 Å². The summed E-state index contributed by atoms with van der Waals surface area (Å²) in [4.78, 5) is 0. The van der Waals surface area contributed by atoms with Gasteiger partial charge in [-0.25, -0.2) is 0 Å². The molecule has 1 saturated heterocycles. The Morgan fingerprint density at radius 1 is 1.62 bits per heavy atom. The Balaban J connectivity index is 2.06. The molecule has 1 heterocycles. The van der Waals surface area contributed by atoms with Gasteiger partial charge in [-0.05, 0) is 26.2 Å². The van der Waals surface area contributed by atoms with Crippen molar-refractivity contribution in [3.8, 4) is 0 Å². The lowest BCUT2D eigenvalue weighted by molar-refractivity contribution is 0.00202. The van der Waals surface area contributed by atoms with Gasteiger partial charge in [0.25, 0.3) is 0 Å². The zero-order valence-corrected chi connectivity index (χ0v) is 8.71. The van der Waals surface area contributed by atoms with Crippen LogP contribution in [0.25, 0.3) is 0 Å². The highest BCUT2D eigenvalue weighted by molar-refractivity contribution is 4.76. The maximum Gasteiger partial charge on any atom is 0.0809 e. The summed E-state index contributed by atoms with van der Waals surface area (Å²) in [6, 6.07) is 0. The predicted octanol–water partition coefficient (Wildman–Crippen LogP) is 1.31. The van der Waals surface area contributed by atoms with E-state index in [1.165, 1.54) is 6.42 Å². The number of ether oxygens (including phenoxy) is 2. The highest BCUT2D eigenvalue weighted by Gasteiger charge is 2.19. The zero-order valence-electron chi connectivity index (χ0n) is 8.71. The summed E-state index contributed by atoms with van der Waals surface area (Å²) in [5, 5.41) is 0. The van der Waals surface area contributed by atoms with E-state index in [4.69, 9.17) is 15.2 Å². The highest BCUT2D eigenvalue weighted by atomic mass is 16.5. The van der Waals surface area contributed by atoms with Gasteiger partial charge >= 0.3 is 0 Å². The van der Waals surface area contributed by atoms with Gasteiger partial charge in [-0.2, -0.15) is 0 Å². The zero-order chi connectivity index (χ0) is 9.73. The van der Waals surface area contributed by atoms with Crippen LogP contribution in [0.3, 0.4) is 0 Å². The quantitative estimate of drug-likeness (QED) is 0.705. The van der Waals surface area contributed by atoms with Gasteiger partial charge < -0.3 is 15.2 Å². The molecule has 2 atom stereocenters. The summed E-state index contributed by atoms with van der Waals surface area (Å²) in [7, 11) is 0. The van der Waals surface area contributed by atoms with E-state index in [1.54, 1.807) is 0 Å². The molecule has 13 heavy (non-hydrogen) atoms. The van der Waals surface area contributed by atoms with Gasteiger partial charge in [-0.3, -0.25) is 0 Å². The molecule has 3 nitrogen and oxygen atoms in total. The van der Waals surface area contributed by atoms with Crippen molar-refractivity contribution in [1.82, 2.24) is 0 Å². The molecule has 0 spiro atoms. The molecule has 0 amide bonds. The molecule has 1 aliphatic rings. The van der Waals surface area contributed by atoms with Crippen LogP contribution in [-0.4, -0.2) is 31.5 Å². The van der Waals surface area contributed by atoms with Crippen molar-refractivity contribution >= 4 is 0 Å². The Bertz CT molecular complexity index is 142. The van der Waals surface area contributed by atoms with Crippen LogP contribution in [0.4, 0.5) is 0 Å². The van der Waals surface area contributed by atoms with Crippen molar-refractivity contribution in [1.29, 1.82) is 0 Å². The van der Waals surface area contributed by atoms with Gasteiger partial charge in [0.05, 0.1) is 19.3 Å². The van der Waals surface area contributed by atoms with Crippen molar-refractivity contribution in [3.05, 3.63) is 0 Å². The third-order valence-corrected chi connectivity index (χ3v) is 2.57. The van der Waals surface area contributed by atoms with E-state index in [1.807, 2.05) is 6.92 Å². The van der Waals surface area contributed by atoms with Crippen LogP contribution < -0.4 is 5.73 Å². The molecule has 1 fully saturated rings. The van der Waals surface area contributed by atoms with Crippen molar-refractivity contribution in [2.24, 2.45) is 5.73 Å². The molecule has 0 aliphatic carbocycles. The van der Waals surface area contributed by atoms with Crippen LogP contribution in [-0.2, 0) is 9.47 Å². The number of hydrogen-bond donors (Lipinski definition) is 1. The molecule has 0 aromatic rings. The Labute approximate surface area is 80.6 Å². The van der Waals surface area contributed by atoms with Gasteiger partial charge in [0.1, 0.15) is 0 Å². The lowest BCUT2D eigenvalue weighted by Crippen LogP contribution is -2.41. The molecule has 2 unspecified atom stereocenters. The third-order valence-electron chi connectivity index (χ3n) is 2.57. The lowest BCUT2D eigenvalue weighted by Gasteiger charge is -2.23. The fourth-order valence-electron chi connectivity index (χ4n) is 1.30. The van der Waals surface area contributed by atoms with E-state index >= 15 is 0 Å². The van der Waals surface area contributed by atoms with Crippen molar-refractivity contribution in [2.75, 3.05) is 19.8 Å². The predicted molar refractivity (Wildman–Crippen MR) is 52.7 cm³/mol. The van der Waals surface area contributed by atoms with Crippen LogP contribution in [0, 0.1) is 0 Å². The second-order valence-electron chi connectivity index (χ2n) is 4.16. The minimum Gasteiger partial charge on any atom is -0.377 e. The topological polar surface area (TPSA) is 44.5 Å². The Hall–Kier alpha value is -0.120. The van der Waals surface area contributed by atoms with E-state index in [-0.39, 0.29) is 5.54 Å². The minimum absolute atomic E-state index is 0.182. The van der Waals surface area contributed by atoms with Crippen LogP contribution in [0.15, 0.2) is 0 Å². The first kappa shape index (κ1) is 11.0. The summed E-state index contributed by atoms with van der Waals surface area (Å²) >= 11 is 0. The van der Waals surface area contributed by atoms with Gasteiger partial charge in [0, 0.05) is 12.1 Å². The number of hydrogen-bond acceptors (Lipinski definition) is 3. The molecule has 0 radical (unpaired) electrons. The first-order valence-electron chi connectivity index (χ1n) is 5.12. The fourth-order valence-corrected chi connectivity index (χ4v) is 1.30. The summed E-state index contributed by atoms with van der Waals surface area (Å²) in [6.07, 6.45) is 3.56. The summed E-state index contributed by atoms with van der Waals surface area (Å²) in [5.74, 6) is 0. The van der Waals surface area contributed by atoms with Crippen LogP contribution in [0.2, 0.25) is 0 Å². The number of rotatable bonds is 5. The van der Waals surface area contributed by atoms with Crippen LogP contribution in [0.5, 0.6) is 0 Å². The van der Waals surface area contributed by atoms with Gasteiger partial charge in [0.2, 0.25) is 0 Å². The Morgan fingerprint density at radius 3 is 2.92 bits per heavy atom. The van der Waals surface area contributed by atoms with E-state index < -0.39 is 0 Å². The maximum absolute atomic E-state index is 5.93. The molecule has 1 aliphatic heterocycles. The summed E-state index contributed by atoms with van der Waals surface area (Å²) in [6.45, 7) is 6.32. The minimum atomic E-state index is -0.182. The molecule has 1 rings (SSSR count). The fraction of sp³-hybridized carbons (Fsp3) is 1.00. The molecule has 0 saturated carbocycles. The normalized spacial score (nSPS) is 27.5. The van der Waals surface area contributed by atoms with E-state index in [0.717, 1.165) is 19.4 Å². The molecular weight excluding hydrogens is 166 g/mol. The molecule has 3 heteroatoms. The van der Waals surface area contributed by atoms with Crippen LogP contribution in [0.1, 0.15) is 33.1 Å². The van der Waals surface area contributed by atoms with Crippen molar-refractivity contribution in [2.45, 2.75) is 44.8 Å². The third kappa shape index (κ3) is 4.07. The Morgan fingerprint density at radius 2 is 2.38 bits per heavy atom. The lowest BCUT2D eigenvalue weighted by atomic mass is 10.0. The van der Waals surface area contributed by atoms with Crippen molar-refractivity contribution in [3.63, 3.8) is 0 Å². The second-order valence-corrected chi connectivity index (χ2v) is 4.16.